The number of hydrogen-bond acceptors (Lipinski definition) is 7. The maximum atomic E-state index is 15.1. The zero-order valence-corrected chi connectivity index (χ0v) is 20.8. The summed E-state index contributed by atoms with van der Waals surface area (Å²) in [6.45, 7) is 5.46. The summed E-state index contributed by atoms with van der Waals surface area (Å²) in [5, 5.41) is 10.1. The lowest BCUT2D eigenvalue weighted by molar-refractivity contribution is -0.146. The number of carbonyl (C=O) groups excluding carboxylic acids is 2. The van der Waals surface area contributed by atoms with Gasteiger partial charge < -0.3 is 24.0 Å². The minimum absolute atomic E-state index is 0.0202. The summed E-state index contributed by atoms with van der Waals surface area (Å²) in [5.41, 5.74) is -0.787. The van der Waals surface area contributed by atoms with Gasteiger partial charge in [-0.3, -0.25) is 14.5 Å². The number of aliphatic hydroxyl groups excluding tert-OH is 1. The van der Waals surface area contributed by atoms with Gasteiger partial charge in [-0.05, 0) is 44.9 Å². The number of aliphatic hydroxyl groups is 1. The van der Waals surface area contributed by atoms with Crippen LogP contribution in [0.15, 0.2) is 39.9 Å². The summed E-state index contributed by atoms with van der Waals surface area (Å²) in [6, 6.07) is 3.32. The van der Waals surface area contributed by atoms with Crippen LogP contribution in [-0.2, 0) is 20.8 Å². The minimum atomic E-state index is -1.34. The van der Waals surface area contributed by atoms with Gasteiger partial charge in [-0.2, -0.15) is 4.74 Å². The fourth-order valence-electron chi connectivity index (χ4n) is 4.17. The highest BCUT2D eigenvalue weighted by atomic mass is 19.1. The molecule has 4 rings (SSSR count). The molecule has 37 heavy (non-hydrogen) atoms. The lowest BCUT2D eigenvalue weighted by Gasteiger charge is -2.30. The molecule has 200 valence electrons. The first kappa shape index (κ1) is 26.6. The van der Waals surface area contributed by atoms with E-state index in [0.717, 1.165) is 21.8 Å². The monoisotopic (exact) mass is 521 g/mol. The number of anilines is 1. The lowest BCUT2D eigenvalue weighted by Crippen LogP contribution is -2.44. The number of aromatic nitrogens is 1. The molecule has 0 radical (unpaired) electrons. The number of hydrogen-bond donors (Lipinski definition) is 1. The summed E-state index contributed by atoms with van der Waals surface area (Å²) in [7, 11) is 0. The first-order valence-corrected chi connectivity index (χ1v) is 11.8. The van der Waals surface area contributed by atoms with Crippen molar-refractivity contribution in [3.05, 3.63) is 58.1 Å². The van der Waals surface area contributed by atoms with Crippen LogP contribution in [-0.4, -0.2) is 70.8 Å². The van der Waals surface area contributed by atoms with Gasteiger partial charge in [0.1, 0.15) is 24.0 Å². The average Bonchev–Trinajstić information content (AvgIpc) is 3.41. The van der Waals surface area contributed by atoms with Crippen molar-refractivity contribution in [3.63, 3.8) is 0 Å². The Kier molecular flexibility index (Phi) is 7.51. The predicted octanol–water partition coefficient (Wildman–Crippen LogP) is 2.54. The van der Waals surface area contributed by atoms with Gasteiger partial charge in [0.2, 0.25) is 0 Å². The maximum Gasteiger partial charge on any atom is 0.414 e. The van der Waals surface area contributed by atoms with E-state index < -0.39 is 47.0 Å². The molecule has 2 aromatic rings. The van der Waals surface area contributed by atoms with E-state index in [4.69, 9.17) is 14.0 Å². The summed E-state index contributed by atoms with van der Waals surface area (Å²) < 4.78 is 46.8. The van der Waals surface area contributed by atoms with Crippen molar-refractivity contribution < 1.29 is 37.5 Å². The number of halogens is 2. The zero-order chi connectivity index (χ0) is 26.9. The van der Waals surface area contributed by atoms with Gasteiger partial charge in [0, 0.05) is 24.7 Å². The van der Waals surface area contributed by atoms with E-state index in [9.17, 15) is 19.5 Å². The van der Waals surface area contributed by atoms with Gasteiger partial charge in [-0.15, -0.1) is 0 Å². The minimum Gasteiger partial charge on any atom is -0.442 e. The topological polar surface area (TPSA) is 114 Å². The molecule has 0 unspecified atom stereocenters. The third kappa shape index (κ3) is 6.08. The number of amides is 2. The smallest absolute Gasteiger partial charge is 0.414 e. The average molecular weight is 522 g/mol. The van der Waals surface area contributed by atoms with E-state index in [0.29, 0.717) is 5.57 Å². The highest BCUT2D eigenvalue weighted by Crippen LogP contribution is 2.32. The van der Waals surface area contributed by atoms with Crippen LogP contribution < -0.4 is 10.5 Å². The Morgan fingerprint density at radius 2 is 1.95 bits per heavy atom. The maximum absolute atomic E-state index is 15.1. The molecule has 2 amide bonds. The van der Waals surface area contributed by atoms with Crippen LogP contribution in [0.4, 0.5) is 19.3 Å². The Morgan fingerprint density at radius 3 is 2.51 bits per heavy atom. The molecule has 1 N–H and O–H groups in total. The predicted molar refractivity (Wildman–Crippen MR) is 128 cm³/mol. The van der Waals surface area contributed by atoms with Crippen molar-refractivity contribution in [2.45, 2.75) is 51.5 Å². The normalized spacial score (nSPS) is 19.1. The largest absolute Gasteiger partial charge is 0.442 e. The molecule has 10 nitrogen and oxygen atoms in total. The Morgan fingerprint density at radius 1 is 1.24 bits per heavy atom. The quantitative estimate of drug-likeness (QED) is 0.596. The fraction of sp³-hybridized carbons (Fsp3) is 0.480. The third-order valence-corrected chi connectivity index (χ3v) is 6.03. The van der Waals surface area contributed by atoms with Crippen molar-refractivity contribution in [2.75, 3.05) is 31.1 Å². The Hall–Kier alpha value is -3.51. The molecule has 12 heteroatoms. The summed E-state index contributed by atoms with van der Waals surface area (Å²) in [5.74, 6) is -2.24. The molecule has 1 fully saturated rings. The molecule has 0 saturated carbocycles. The summed E-state index contributed by atoms with van der Waals surface area (Å²) in [6.07, 6.45) is 0.0574. The first-order valence-electron chi connectivity index (χ1n) is 11.8. The molecule has 0 bridgehead atoms. The second-order valence-electron chi connectivity index (χ2n) is 9.91. The van der Waals surface area contributed by atoms with E-state index in [2.05, 4.69) is 0 Å². The van der Waals surface area contributed by atoms with Crippen molar-refractivity contribution in [2.24, 2.45) is 0 Å². The highest BCUT2D eigenvalue weighted by Gasteiger charge is 2.35. The number of benzene rings is 1. The molecule has 0 spiro atoms. The molecular weight excluding hydrogens is 492 g/mol. The van der Waals surface area contributed by atoms with Crippen molar-refractivity contribution in [1.29, 1.82) is 0 Å². The SMILES string of the molecule is CC(C)(C)OC[C@H](O)C(=O)N1CC=C(c2c(F)cc(N3C[C@H](Cn4occc4=O)OC3=O)cc2F)CC1. The van der Waals surface area contributed by atoms with Crippen LogP contribution >= 0.6 is 0 Å². The molecule has 1 aromatic heterocycles. The number of cyclic esters (lactones) is 1. The standard InChI is InChI=1S/C25H29F2N3O7/c1-25(2,3)35-14-20(31)23(33)28-7-4-15(5-8-28)22-18(26)10-16(11-19(22)27)29-12-17(37-24(29)34)13-30-21(32)6-9-36-30/h4,6,9-11,17,20,31H,5,7-8,12-14H2,1-3H3/t17-,20+/m1/s1. The zero-order valence-electron chi connectivity index (χ0n) is 20.8. The highest BCUT2D eigenvalue weighted by molar-refractivity contribution is 5.90. The first-order chi connectivity index (χ1) is 17.4. The van der Waals surface area contributed by atoms with Crippen LogP contribution in [0.25, 0.3) is 5.57 Å². The van der Waals surface area contributed by atoms with Crippen LogP contribution in [0, 0.1) is 11.6 Å². The van der Waals surface area contributed by atoms with Crippen LogP contribution in [0.3, 0.4) is 0 Å². The summed E-state index contributed by atoms with van der Waals surface area (Å²) >= 11 is 0. The second kappa shape index (κ2) is 10.5. The van der Waals surface area contributed by atoms with Crippen molar-refractivity contribution in [3.8, 4) is 0 Å². The van der Waals surface area contributed by atoms with Gasteiger partial charge in [-0.25, -0.2) is 13.6 Å². The summed E-state index contributed by atoms with van der Waals surface area (Å²) in [4.78, 5) is 39.0. The number of rotatable bonds is 7. The van der Waals surface area contributed by atoms with Crippen molar-refractivity contribution in [1.82, 2.24) is 9.64 Å². The van der Waals surface area contributed by atoms with Crippen LogP contribution in [0.2, 0.25) is 0 Å². The Bertz CT molecular complexity index is 1240. The lowest BCUT2D eigenvalue weighted by atomic mass is 9.97. The van der Waals surface area contributed by atoms with E-state index >= 15 is 8.78 Å². The van der Waals surface area contributed by atoms with Gasteiger partial charge >= 0.3 is 6.09 Å². The number of carbonyl (C=O) groups is 2. The van der Waals surface area contributed by atoms with E-state index in [1.165, 1.54) is 17.2 Å². The molecule has 1 saturated heterocycles. The van der Waals surface area contributed by atoms with Gasteiger partial charge in [0.25, 0.3) is 11.5 Å². The molecule has 3 heterocycles. The molecule has 0 aliphatic carbocycles. The Labute approximate surface area is 211 Å². The van der Waals surface area contributed by atoms with Crippen LogP contribution in [0.5, 0.6) is 0 Å². The second-order valence-corrected chi connectivity index (χ2v) is 9.91. The van der Waals surface area contributed by atoms with E-state index in [1.807, 2.05) is 20.8 Å². The van der Waals surface area contributed by atoms with Gasteiger partial charge in [-0.1, -0.05) is 6.08 Å². The Balaban J connectivity index is 1.42. The van der Waals surface area contributed by atoms with E-state index in [-0.39, 0.29) is 50.5 Å². The number of nitrogens with zero attached hydrogens (tertiary/aromatic N) is 3. The van der Waals surface area contributed by atoms with Crippen molar-refractivity contribution >= 4 is 23.3 Å². The fourth-order valence-corrected chi connectivity index (χ4v) is 4.17. The molecule has 1 aromatic carbocycles. The van der Waals surface area contributed by atoms with Crippen LogP contribution in [0.1, 0.15) is 32.8 Å². The number of ether oxygens (including phenoxy) is 2. The molecule has 2 aliphatic rings. The van der Waals surface area contributed by atoms with E-state index in [1.54, 1.807) is 6.08 Å². The molecule has 2 aliphatic heterocycles. The molecular formula is C25H29F2N3O7. The van der Waals surface area contributed by atoms with Gasteiger partial charge in [0.05, 0.1) is 31.0 Å². The molecule has 2 atom stereocenters. The van der Waals surface area contributed by atoms with Gasteiger partial charge in [0.15, 0.2) is 6.10 Å². The third-order valence-electron chi connectivity index (χ3n) is 6.03.